The summed E-state index contributed by atoms with van der Waals surface area (Å²) in [6, 6.07) is 4.13. The number of hydrogen-bond acceptors (Lipinski definition) is 3. The number of halogens is 1. The van der Waals surface area contributed by atoms with E-state index < -0.39 is 6.10 Å². The van der Waals surface area contributed by atoms with Gasteiger partial charge in [-0.05, 0) is 51.0 Å². The van der Waals surface area contributed by atoms with Crippen molar-refractivity contribution in [3.8, 4) is 11.4 Å². The van der Waals surface area contributed by atoms with E-state index >= 15 is 0 Å². The van der Waals surface area contributed by atoms with Crippen LogP contribution in [0.1, 0.15) is 35.4 Å². The molecule has 0 saturated heterocycles. The van der Waals surface area contributed by atoms with E-state index in [-0.39, 0.29) is 0 Å². The standard InChI is InChI=1S/C15H17BrN2O/c1-8-5-12(6-9(2)14(8)16)15-17-7-13(11(4)19)10(3)18-15/h5-7,11,19H,1-4H3/t11-/m0/s1. The van der Waals surface area contributed by atoms with Crippen molar-refractivity contribution in [1.29, 1.82) is 0 Å². The van der Waals surface area contributed by atoms with Crippen molar-refractivity contribution in [2.24, 2.45) is 0 Å². The first kappa shape index (κ1) is 14.2. The van der Waals surface area contributed by atoms with Crippen LogP contribution in [0.5, 0.6) is 0 Å². The molecule has 0 fully saturated rings. The summed E-state index contributed by atoms with van der Waals surface area (Å²) in [6.45, 7) is 7.72. The van der Waals surface area contributed by atoms with Crippen molar-refractivity contribution in [3.05, 3.63) is 45.2 Å². The van der Waals surface area contributed by atoms with Crippen LogP contribution in [0.4, 0.5) is 0 Å². The van der Waals surface area contributed by atoms with E-state index in [0.29, 0.717) is 5.82 Å². The Morgan fingerprint density at radius 1 is 1.16 bits per heavy atom. The van der Waals surface area contributed by atoms with Crippen molar-refractivity contribution in [2.45, 2.75) is 33.8 Å². The second-order valence-electron chi connectivity index (χ2n) is 4.83. The van der Waals surface area contributed by atoms with E-state index in [1.807, 2.05) is 6.92 Å². The smallest absolute Gasteiger partial charge is 0.159 e. The van der Waals surface area contributed by atoms with Crippen LogP contribution in [-0.4, -0.2) is 15.1 Å². The van der Waals surface area contributed by atoms with Crippen LogP contribution in [0.25, 0.3) is 11.4 Å². The number of hydrogen-bond donors (Lipinski definition) is 1. The second kappa shape index (κ2) is 5.39. The maximum atomic E-state index is 9.60. The number of benzene rings is 1. The number of aromatic nitrogens is 2. The normalized spacial score (nSPS) is 12.5. The third kappa shape index (κ3) is 2.85. The number of rotatable bonds is 2. The van der Waals surface area contributed by atoms with Crippen LogP contribution in [0.3, 0.4) is 0 Å². The molecule has 100 valence electrons. The van der Waals surface area contributed by atoms with Crippen LogP contribution >= 0.6 is 15.9 Å². The first-order valence-corrected chi connectivity index (χ1v) is 6.98. The summed E-state index contributed by atoms with van der Waals surface area (Å²) in [5.41, 5.74) is 4.91. The van der Waals surface area contributed by atoms with Crippen molar-refractivity contribution in [1.82, 2.24) is 9.97 Å². The first-order chi connectivity index (χ1) is 8.90. The molecule has 2 aromatic rings. The van der Waals surface area contributed by atoms with Gasteiger partial charge in [0.05, 0.1) is 6.10 Å². The molecule has 0 bridgehead atoms. The summed E-state index contributed by atoms with van der Waals surface area (Å²) in [7, 11) is 0. The van der Waals surface area contributed by atoms with Gasteiger partial charge in [-0.25, -0.2) is 9.97 Å². The lowest BCUT2D eigenvalue weighted by molar-refractivity contribution is 0.197. The molecule has 1 aromatic heterocycles. The number of aryl methyl sites for hydroxylation is 3. The van der Waals surface area contributed by atoms with E-state index in [2.05, 4.69) is 51.9 Å². The van der Waals surface area contributed by atoms with Gasteiger partial charge in [0.15, 0.2) is 5.82 Å². The first-order valence-electron chi connectivity index (χ1n) is 6.19. The summed E-state index contributed by atoms with van der Waals surface area (Å²) in [4.78, 5) is 8.85. The zero-order chi connectivity index (χ0) is 14.2. The van der Waals surface area contributed by atoms with Gasteiger partial charge in [-0.15, -0.1) is 0 Å². The van der Waals surface area contributed by atoms with Crippen LogP contribution in [-0.2, 0) is 0 Å². The molecule has 0 aliphatic rings. The summed E-state index contributed by atoms with van der Waals surface area (Å²) in [6.07, 6.45) is 1.16. The summed E-state index contributed by atoms with van der Waals surface area (Å²) in [5.74, 6) is 0.695. The van der Waals surface area contributed by atoms with Gasteiger partial charge in [0.2, 0.25) is 0 Å². The minimum absolute atomic E-state index is 0.539. The molecular weight excluding hydrogens is 304 g/mol. The highest BCUT2D eigenvalue weighted by molar-refractivity contribution is 9.10. The molecule has 0 radical (unpaired) electrons. The second-order valence-corrected chi connectivity index (χ2v) is 5.63. The van der Waals surface area contributed by atoms with Crippen molar-refractivity contribution in [2.75, 3.05) is 0 Å². The molecule has 1 aromatic carbocycles. The molecule has 0 aliphatic carbocycles. The average Bonchev–Trinajstić information content (AvgIpc) is 2.34. The van der Waals surface area contributed by atoms with Crippen molar-refractivity contribution in [3.63, 3.8) is 0 Å². The van der Waals surface area contributed by atoms with E-state index in [1.165, 1.54) is 0 Å². The third-order valence-corrected chi connectivity index (χ3v) is 4.41. The molecule has 19 heavy (non-hydrogen) atoms. The molecule has 0 amide bonds. The zero-order valence-electron chi connectivity index (χ0n) is 11.5. The molecule has 1 heterocycles. The summed E-state index contributed by atoms with van der Waals surface area (Å²) in [5, 5.41) is 9.60. The van der Waals surface area contributed by atoms with Crippen LogP contribution in [0, 0.1) is 20.8 Å². The number of aliphatic hydroxyl groups is 1. The van der Waals surface area contributed by atoms with Gasteiger partial charge < -0.3 is 5.11 Å². The highest BCUT2D eigenvalue weighted by Gasteiger charge is 2.11. The minimum atomic E-state index is -0.539. The van der Waals surface area contributed by atoms with E-state index in [1.54, 1.807) is 13.1 Å². The Bertz CT molecular complexity index is 601. The molecule has 1 N–H and O–H groups in total. The zero-order valence-corrected chi connectivity index (χ0v) is 13.1. The van der Waals surface area contributed by atoms with Gasteiger partial charge in [-0.2, -0.15) is 0 Å². The fourth-order valence-corrected chi connectivity index (χ4v) is 2.33. The number of aliphatic hydroxyl groups excluding tert-OH is 1. The van der Waals surface area contributed by atoms with Gasteiger partial charge in [0.25, 0.3) is 0 Å². The average molecular weight is 321 g/mol. The molecule has 0 unspecified atom stereocenters. The Kier molecular flexibility index (Phi) is 4.02. The van der Waals surface area contributed by atoms with Crippen LogP contribution in [0.15, 0.2) is 22.8 Å². The van der Waals surface area contributed by atoms with Crippen LogP contribution in [0.2, 0.25) is 0 Å². The molecule has 0 spiro atoms. The minimum Gasteiger partial charge on any atom is -0.389 e. The summed E-state index contributed by atoms with van der Waals surface area (Å²) >= 11 is 3.56. The Morgan fingerprint density at radius 2 is 1.74 bits per heavy atom. The lowest BCUT2D eigenvalue weighted by atomic mass is 10.1. The maximum absolute atomic E-state index is 9.60. The molecule has 0 saturated carbocycles. The van der Waals surface area contributed by atoms with E-state index in [9.17, 15) is 5.11 Å². The van der Waals surface area contributed by atoms with Crippen molar-refractivity contribution < 1.29 is 5.11 Å². The highest BCUT2D eigenvalue weighted by atomic mass is 79.9. The lowest BCUT2D eigenvalue weighted by Gasteiger charge is -2.11. The Balaban J connectivity index is 2.51. The Morgan fingerprint density at radius 3 is 2.21 bits per heavy atom. The predicted molar refractivity (Wildman–Crippen MR) is 80.0 cm³/mol. The maximum Gasteiger partial charge on any atom is 0.159 e. The van der Waals surface area contributed by atoms with E-state index in [4.69, 9.17) is 0 Å². The lowest BCUT2D eigenvalue weighted by Crippen LogP contribution is -2.01. The van der Waals surface area contributed by atoms with Gasteiger partial charge in [0.1, 0.15) is 0 Å². The predicted octanol–water partition coefficient (Wildman–Crippen LogP) is 3.88. The van der Waals surface area contributed by atoms with Gasteiger partial charge >= 0.3 is 0 Å². The fraction of sp³-hybridized carbons (Fsp3) is 0.333. The Hall–Kier alpha value is -1.26. The van der Waals surface area contributed by atoms with Gasteiger partial charge in [0, 0.05) is 27.5 Å². The topological polar surface area (TPSA) is 46.0 Å². The van der Waals surface area contributed by atoms with Gasteiger partial charge in [-0.1, -0.05) is 15.9 Å². The molecule has 2 rings (SSSR count). The summed E-state index contributed by atoms with van der Waals surface area (Å²) < 4.78 is 1.12. The van der Waals surface area contributed by atoms with Crippen LogP contribution < -0.4 is 0 Å². The Labute approximate surface area is 121 Å². The SMILES string of the molecule is Cc1cc(-c2ncc([C@H](C)O)c(C)n2)cc(C)c1Br. The van der Waals surface area contributed by atoms with Crippen molar-refractivity contribution >= 4 is 15.9 Å². The fourth-order valence-electron chi connectivity index (χ4n) is 2.10. The largest absolute Gasteiger partial charge is 0.389 e. The quantitative estimate of drug-likeness (QED) is 0.913. The monoisotopic (exact) mass is 320 g/mol. The number of nitrogens with zero attached hydrogens (tertiary/aromatic N) is 2. The van der Waals surface area contributed by atoms with E-state index in [0.717, 1.165) is 32.4 Å². The molecule has 4 heteroatoms. The van der Waals surface area contributed by atoms with Gasteiger partial charge in [-0.3, -0.25) is 0 Å². The molecule has 1 atom stereocenters. The highest BCUT2D eigenvalue weighted by Crippen LogP contribution is 2.27. The molecular formula is C15H17BrN2O. The third-order valence-electron chi connectivity index (χ3n) is 3.16. The molecule has 0 aliphatic heterocycles. The molecule has 3 nitrogen and oxygen atoms in total.